The summed E-state index contributed by atoms with van der Waals surface area (Å²) in [4.78, 5) is 26.7. The fourth-order valence-corrected chi connectivity index (χ4v) is 4.07. The maximum Gasteiger partial charge on any atom is 0.326 e. The summed E-state index contributed by atoms with van der Waals surface area (Å²) in [5.74, 6) is 0. The molecule has 6 nitrogen and oxygen atoms in total. The molecule has 1 aliphatic rings. The smallest absolute Gasteiger partial charge is 0.308 e. The van der Waals surface area contributed by atoms with Gasteiger partial charge in [-0.3, -0.25) is 9.69 Å². The quantitative estimate of drug-likeness (QED) is 0.524. The highest BCUT2D eigenvalue weighted by atomic mass is 16.2. The van der Waals surface area contributed by atoms with E-state index < -0.39 is 0 Å². The van der Waals surface area contributed by atoms with E-state index in [1.165, 1.54) is 5.56 Å². The van der Waals surface area contributed by atoms with Crippen molar-refractivity contribution >= 4 is 28.2 Å². The molecular weight excluding hydrogens is 376 g/mol. The molecule has 0 unspecified atom stereocenters. The van der Waals surface area contributed by atoms with Gasteiger partial charge in [0.1, 0.15) is 0 Å². The highest BCUT2D eigenvalue weighted by Crippen LogP contribution is 2.30. The number of amides is 2. The molecule has 0 saturated heterocycles. The second kappa shape index (κ2) is 7.15. The maximum atomic E-state index is 12.8. The van der Waals surface area contributed by atoms with Gasteiger partial charge in [-0.15, -0.1) is 0 Å². The number of urea groups is 1. The Kier molecular flexibility index (Phi) is 4.32. The number of benzene rings is 3. The van der Waals surface area contributed by atoms with E-state index in [1.54, 1.807) is 11.0 Å². The Bertz CT molecular complexity index is 1340. The van der Waals surface area contributed by atoms with Crippen molar-refractivity contribution in [1.82, 2.24) is 10.2 Å². The molecule has 0 bridgehead atoms. The number of carbonyl (C=O) groups excluding carboxylic acids is 1. The number of aromatic amines is 1. The van der Waals surface area contributed by atoms with Crippen molar-refractivity contribution in [3.05, 3.63) is 88.2 Å². The predicted molar refractivity (Wildman–Crippen MR) is 119 cm³/mol. The van der Waals surface area contributed by atoms with Gasteiger partial charge in [0, 0.05) is 28.9 Å². The van der Waals surface area contributed by atoms with Crippen molar-refractivity contribution in [3.63, 3.8) is 0 Å². The topological polar surface area (TPSA) is 78.1 Å². The number of hydrogen-bond acceptors (Lipinski definition) is 3. The van der Waals surface area contributed by atoms with Crippen LogP contribution in [0.15, 0.2) is 71.5 Å². The molecule has 3 aromatic carbocycles. The molecule has 5 rings (SSSR count). The lowest BCUT2D eigenvalue weighted by Gasteiger charge is -2.18. The third kappa shape index (κ3) is 3.03. The molecule has 0 saturated carbocycles. The molecule has 6 heteroatoms. The van der Waals surface area contributed by atoms with Crippen LogP contribution in [-0.2, 0) is 6.42 Å². The first-order valence-electron chi connectivity index (χ1n) is 9.87. The van der Waals surface area contributed by atoms with E-state index in [9.17, 15) is 9.59 Å². The van der Waals surface area contributed by atoms with E-state index in [4.69, 9.17) is 0 Å². The van der Waals surface area contributed by atoms with Gasteiger partial charge in [0.25, 0.3) is 5.56 Å². The van der Waals surface area contributed by atoms with Crippen LogP contribution in [0, 0.1) is 6.92 Å². The number of carbonyl (C=O) groups is 1. The van der Waals surface area contributed by atoms with Gasteiger partial charge < -0.3 is 5.32 Å². The molecule has 0 fully saturated rings. The fourth-order valence-electron chi connectivity index (χ4n) is 4.07. The standard InChI is InChI=1S/C24H20N4O2/c1-15-14-17(25-24(30)28-13-12-16-6-2-5-9-21(16)28)10-11-18(15)22-19-7-3-4-8-20(19)23(29)27-26-22/h2-11,14H,12-13H2,1H3,(H,25,30)(H,27,29). The Morgan fingerprint density at radius 3 is 2.63 bits per heavy atom. The lowest BCUT2D eigenvalue weighted by Crippen LogP contribution is -2.33. The van der Waals surface area contributed by atoms with Crippen molar-refractivity contribution in [2.45, 2.75) is 13.3 Å². The SMILES string of the molecule is Cc1cc(NC(=O)N2CCc3ccccc32)ccc1-c1n[nH]c(=O)c2ccccc12. The Labute approximate surface area is 173 Å². The first kappa shape index (κ1) is 18.1. The number of rotatable bonds is 2. The molecule has 0 atom stereocenters. The highest BCUT2D eigenvalue weighted by Gasteiger charge is 2.24. The monoisotopic (exact) mass is 396 g/mol. The molecule has 0 radical (unpaired) electrons. The van der Waals surface area contributed by atoms with Crippen LogP contribution in [0.1, 0.15) is 11.1 Å². The average molecular weight is 396 g/mol. The van der Waals surface area contributed by atoms with E-state index in [-0.39, 0.29) is 11.6 Å². The van der Waals surface area contributed by atoms with Crippen molar-refractivity contribution < 1.29 is 4.79 Å². The van der Waals surface area contributed by atoms with Gasteiger partial charge in [-0.1, -0.05) is 42.5 Å². The minimum atomic E-state index is -0.207. The summed E-state index contributed by atoms with van der Waals surface area (Å²) in [6, 6.07) is 21.0. The van der Waals surface area contributed by atoms with Crippen molar-refractivity contribution in [2.24, 2.45) is 0 Å². The van der Waals surface area contributed by atoms with Crippen LogP contribution >= 0.6 is 0 Å². The van der Waals surface area contributed by atoms with Gasteiger partial charge in [0.05, 0.1) is 11.1 Å². The molecule has 0 spiro atoms. The molecule has 2 amide bonds. The van der Waals surface area contributed by atoms with Crippen LogP contribution in [-0.4, -0.2) is 22.8 Å². The highest BCUT2D eigenvalue weighted by molar-refractivity contribution is 6.03. The molecule has 2 heterocycles. The normalized spacial score (nSPS) is 12.8. The van der Waals surface area contributed by atoms with Gasteiger partial charge in [-0.2, -0.15) is 5.10 Å². The Hall–Kier alpha value is -3.93. The number of para-hydroxylation sites is 1. The summed E-state index contributed by atoms with van der Waals surface area (Å²) >= 11 is 0. The van der Waals surface area contributed by atoms with Crippen LogP contribution in [0.3, 0.4) is 0 Å². The summed E-state index contributed by atoms with van der Waals surface area (Å²) in [6.45, 7) is 2.65. The first-order valence-corrected chi connectivity index (χ1v) is 9.87. The van der Waals surface area contributed by atoms with E-state index in [2.05, 4.69) is 21.6 Å². The summed E-state index contributed by atoms with van der Waals surface area (Å²) < 4.78 is 0. The van der Waals surface area contributed by atoms with Gasteiger partial charge in [-0.05, 0) is 48.7 Å². The minimum Gasteiger partial charge on any atom is -0.308 e. The van der Waals surface area contributed by atoms with E-state index in [1.807, 2.05) is 61.5 Å². The second-order valence-corrected chi connectivity index (χ2v) is 7.44. The molecule has 1 aromatic heterocycles. The van der Waals surface area contributed by atoms with Gasteiger partial charge >= 0.3 is 6.03 Å². The third-order valence-corrected chi connectivity index (χ3v) is 5.56. The summed E-state index contributed by atoms with van der Waals surface area (Å²) in [5.41, 5.74) is 5.25. The fraction of sp³-hybridized carbons (Fsp3) is 0.125. The van der Waals surface area contributed by atoms with Gasteiger partial charge in [0.2, 0.25) is 0 Å². The maximum absolute atomic E-state index is 12.8. The van der Waals surface area contributed by atoms with Crippen LogP contribution in [0.4, 0.5) is 16.2 Å². The number of H-pyrrole nitrogens is 1. The number of aryl methyl sites for hydroxylation is 1. The van der Waals surface area contributed by atoms with E-state index >= 15 is 0 Å². The van der Waals surface area contributed by atoms with Crippen molar-refractivity contribution in [3.8, 4) is 11.3 Å². The number of nitrogens with one attached hydrogen (secondary N) is 2. The van der Waals surface area contributed by atoms with Crippen molar-refractivity contribution in [1.29, 1.82) is 0 Å². The zero-order valence-corrected chi connectivity index (χ0v) is 16.5. The largest absolute Gasteiger partial charge is 0.326 e. The lowest BCUT2D eigenvalue weighted by molar-refractivity contribution is 0.257. The van der Waals surface area contributed by atoms with Gasteiger partial charge in [-0.25, -0.2) is 9.89 Å². The summed E-state index contributed by atoms with van der Waals surface area (Å²) in [5, 5.41) is 11.3. The molecule has 30 heavy (non-hydrogen) atoms. The number of fused-ring (bicyclic) bond motifs is 2. The second-order valence-electron chi connectivity index (χ2n) is 7.44. The van der Waals surface area contributed by atoms with Crippen molar-refractivity contribution in [2.75, 3.05) is 16.8 Å². The Morgan fingerprint density at radius 2 is 1.80 bits per heavy atom. The zero-order valence-electron chi connectivity index (χ0n) is 16.5. The molecule has 148 valence electrons. The van der Waals surface area contributed by atoms with Crippen LogP contribution in [0.25, 0.3) is 22.0 Å². The number of aromatic nitrogens is 2. The first-order chi connectivity index (χ1) is 14.6. The molecule has 1 aliphatic heterocycles. The molecule has 4 aromatic rings. The van der Waals surface area contributed by atoms with Gasteiger partial charge in [0.15, 0.2) is 0 Å². The third-order valence-electron chi connectivity index (χ3n) is 5.56. The number of nitrogens with zero attached hydrogens (tertiary/aromatic N) is 2. The van der Waals surface area contributed by atoms with Crippen LogP contribution in [0.2, 0.25) is 0 Å². The molecule has 0 aliphatic carbocycles. The summed E-state index contributed by atoms with van der Waals surface area (Å²) in [7, 11) is 0. The lowest BCUT2D eigenvalue weighted by atomic mass is 10.0. The van der Waals surface area contributed by atoms with Crippen LogP contribution < -0.4 is 15.8 Å². The number of anilines is 2. The predicted octanol–water partition coefficient (Wildman–Crippen LogP) is 4.49. The molecule has 2 N–H and O–H groups in total. The summed E-state index contributed by atoms with van der Waals surface area (Å²) in [6.07, 6.45) is 0.868. The Balaban J connectivity index is 1.45. The van der Waals surface area contributed by atoms with E-state index in [0.29, 0.717) is 17.6 Å². The zero-order chi connectivity index (χ0) is 20.7. The number of hydrogen-bond donors (Lipinski definition) is 2. The van der Waals surface area contributed by atoms with E-state index in [0.717, 1.165) is 34.3 Å². The Morgan fingerprint density at radius 1 is 1.03 bits per heavy atom. The van der Waals surface area contributed by atoms with Crippen LogP contribution in [0.5, 0.6) is 0 Å². The molecular formula is C24H20N4O2. The minimum absolute atomic E-state index is 0.139. The average Bonchev–Trinajstić information content (AvgIpc) is 3.19.